The van der Waals surface area contributed by atoms with E-state index in [0.717, 1.165) is 23.1 Å². The lowest BCUT2D eigenvalue weighted by molar-refractivity contribution is 0.0696. The van der Waals surface area contributed by atoms with Crippen LogP contribution in [0, 0.1) is 0 Å². The molecular formula is C16H18N2O3. The number of fused-ring (bicyclic) bond motifs is 1. The van der Waals surface area contributed by atoms with Crippen molar-refractivity contribution < 1.29 is 14.6 Å². The van der Waals surface area contributed by atoms with Crippen molar-refractivity contribution >= 4 is 22.6 Å². The Hall–Kier alpha value is -2.14. The number of hydrogen-bond acceptors (Lipinski definition) is 4. The van der Waals surface area contributed by atoms with Crippen LogP contribution in [0.4, 0.5) is 5.69 Å². The van der Waals surface area contributed by atoms with Gasteiger partial charge < -0.3 is 15.2 Å². The quantitative estimate of drug-likeness (QED) is 0.799. The average Bonchev–Trinajstić information content (AvgIpc) is 3.31. The van der Waals surface area contributed by atoms with Crippen LogP contribution in [0.5, 0.6) is 0 Å². The molecule has 21 heavy (non-hydrogen) atoms. The minimum absolute atomic E-state index is 0.226. The molecule has 1 aliphatic rings. The van der Waals surface area contributed by atoms with Gasteiger partial charge in [-0.2, -0.15) is 0 Å². The number of nitrogens with zero attached hydrogens (tertiary/aromatic N) is 1. The van der Waals surface area contributed by atoms with E-state index in [4.69, 9.17) is 9.84 Å². The smallest absolute Gasteiger partial charge is 0.337 e. The summed E-state index contributed by atoms with van der Waals surface area (Å²) in [7, 11) is 1.68. The van der Waals surface area contributed by atoms with Gasteiger partial charge in [0.1, 0.15) is 0 Å². The van der Waals surface area contributed by atoms with Crippen LogP contribution in [0.1, 0.15) is 34.7 Å². The third-order valence-corrected chi connectivity index (χ3v) is 3.75. The number of aromatic carboxylic acids is 1. The number of benzene rings is 1. The number of nitrogens with one attached hydrogen (secondary N) is 1. The van der Waals surface area contributed by atoms with Crippen LogP contribution in [0.2, 0.25) is 0 Å². The van der Waals surface area contributed by atoms with Crippen LogP contribution in [0.3, 0.4) is 0 Å². The Balaban J connectivity index is 2.03. The van der Waals surface area contributed by atoms with Crippen molar-refractivity contribution in [3.63, 3.8) is 0 Å². The molecule has 0 aliphatic heterocycles. The minimum atomic E-state index is -0.945. The predicted octanol–water partition coefficient (Wildman–Crippen LogP) is 2.87. The number of carboxylic acid groups (broad SMARTS) is 1. The topological polar surface area (TPSA) is 71.5 Å². The normalized spacial score (nSPS) is 14.3. The summed E-state index contributed by atoms with van der Waals surface area (Å²) in [4.78, 5) is 15.5. The third kappa shape index (κ3) is 2.83. The first-order valence-corrected chi connectivity index (χ1v) is 7.09. The summed E-state index contributed by atoms with van der Waals surface area (Å²) in [6.07, 6.45) is 3.77. The van der Waals surface area contributed by atoms with Gasteiger partial charge in [0.2, 0.25) is 0 Å². The van der Waals surface area contributed by atoms with Crippen LogP contribution in [0.25, 0.3) is 10.9 Å². The number of pyridine rings is 1. The molecule has 0 bridgehead atoms. The number of aromatic nitrogens is 1. The highest BCUT2D eigenvalue weighted by Gasteiger charge is 2.28. The lowest BCUT2D eigenvalue weighted by Crippen LogP contribution is -2.09. The van der Waals surface area contributed by atoms with Crippen LogP contribution in [-0.4, -0.2) is 36.3 Å². The second kappa shape index (κ2) is 5.69. The molecule has 0 spiro atoms. The van der Waals surface area contributed by atoms with E-state index in [0.29, 0.717) is 12.5 Å². The first-order valence-electron chi connectivity index (χ1n) is 7.09. The van der Waals surface area contributed by atoms with E-state index >= 15 is 0 Å². The van der Waals surface area contributed by atoms with Crippen LogP contribution < -0.4 is 5.32 Å². The summed E-state index contributed by atoms with van der Waals surface area (Å²) in [5.74, 6) is -0.415. The summed E-state index contributed by atoms with van der Waals surface area (Å²) in [6.45, 7) is 1.39. The van der Waals surface area contributed by atoms with Gasteiger partial charge in [0.15, 0.2) is 0 Å². The van der Waals surface area contributed by atoms with E-state index in [2.05, 4.69) is 10.3 Å². The average molecular weight is 286 g/mol. The van der Waals surface area contributed by atoms with Gasteiger partial charge in [-0.15, -0.1) is 0 Å². The van der Waals surface area contributed by atoms with E-state index in [9.17, 15) is 4.79 Å². The van der Waals surface area contributed by atoms with E-state index in [1.807, 2.05) is 12.1 Å². The van der Waals surface area contributed by atoms with Gasteiger partial charge in [-0.1, -0.05) is 6.07 Å². The van der Waals surface area contributed by atoms with Gasteiger partial charge in [-0.25, -0.2) is 4.79 Å². The number of hydrogen-bond donors (Lipinski definition) is 2. The van der Waals surface area contributed by atoms with E-state index in [1.165, 1.54) is 24.6 Å². The summed E-state index contributed by atoms with van der Waals surface area (Å²) >= 11 is 0. The fourth-order valence-corrected chi connectivity index (χ4v) is 2.57. The predicted molar refractivity (Wildman–Crippen MR) is 81.0 cm³/mol. The molecule has 2 aromatic rings. The van der Waals surface area contributed by atoms with Gasteiger partial charge in [0, 0.05) is 36.5 Å². The summed E-state index contributed by atoms with van der Waals surface area (Å²) in [6, 6.07) is 5.63. The Morgan fingerprint density at radius 3 is 2.95 bits per heavy atom. The molecule has 1 aromatic heterocycles. The maximum Gasteiger partial charge on any atom is 0.337 e. The summed E-state index contributed by atoms with van der Waals surface area (Å²) in [5.41, 5.74) is 3.42. The minimum Gasteiger partial charge on any atom is -0.478 e. The molecule has 0 atom stereocenters. The molecule has 5 nitrogen and oxygen atoms in total. The zero-order valence-electron chi connectivity index (χ0n) is 11.9. The molecule has 1 heterocycles. The molecule has 0 saturated heterocycles. The number of methoxy groups -OCH3 is 1. The van der Waals surface area contributed by atoms with Crippen LogP contribution >= 0.6 is 0 Å². The summed E-state index contributed by atoms with van der Waals surface area (Å²) < 4.78 is 5.07. The number of carboxylic acids is 1. The molecule has 1 aliphatic carbocycles. The highest BCUT2D eigenvalue weighted by atomic mass is 16.5. The van der Waals surface area contributed by atoms with E-state index in [-0.39, 0.29) is 5.56 Å². The molecule has 3 rings (SSSR count). The van der Waals surface area contributed by atoms with Crippen molar-refractivity contribution in [2.24, 2.45) is 0 Å². The van der Waals surface area contributed by atoms with Crippen molar-refractivity contribution in [2.75, 3.05) is 25.6 Å². The van der Waals surface area contributed by atoms with Crippen LogP contribution in [-0.2, 0) is 4.74 Å². The number of ether oxygens (including phenoxy) is 1. The van der Waals surface area contributed by atoms with E-state index < -0.39 is 5.97 Å². The maximum absolute atomic E-state index is 11.1. The molecule has 1 saturated carbocycles. The van der Waals surface area contributed by atoms with Gasteiger partial charge in [-0.3, -0.25) is 4.98 Å². The number of carbonyl (C=O) groups is 1. The van der Waals surface area contributed by atoms with Crippen LogP contribution in [0.15, 0.2) is 24.4 Å². The monoisotopic (exact) mass is 286 g/mol. The SMILES string of the molecule is COCCNc1ccc2cc(C(=O)O)cnc2c1C1CC1. The first-order chi connectivity index (χ1) is 10.2. The molecule has 2 N–H and O–H groups in total. The van der Waals surface area contributed by atoms with Gasteiger partial charge in [-0.05, 0) is 30.9 Å². The Bertz CT molecular complexity index is 681. The van der Waals surface area contributed by atoms with Crippen molar-refractivity contribution in [1.29, 1.82) is 0 Å². The Morgan fingerprint density at radius 1 is 1.48 bits per heavy atom. The maximum atomic E-state index is 11.1. The zero-order chi connectivity index (χ0) is 14.8. The lowest BCUT2D eigenvalue weighted by Gasteiger charge is -2.14. The standard InChI is InChI=1S/C16H18N2O3/c1-21-7-6-17-13-5-4-11-8-12(16(19)20)9-18-15(11)14(13)10-2-3-10/h4-5,8-10,17H,2-3,6-7H2,1H3,(H,19,20). The Kier molecular flexibility index (Phi) is 3.75. The molecule has 0 amide bonds. The second-order valence-corrected chi connectivity index (χ2v) is 5.32. The Labute approximate surface area is 123 Å². The largest absolute Gasteiger partial charge is 0.478 e. The van der Waals surface area contributed by atoms with Crippen molar-refractivity contribution in [3.05, 3.63) is 35.5 Å². The van der Waals surface area contributed by atoms with Crippen molar-refractivity contribution in [1.82, 2.24) is 4.98 Å². The molecule has 5 heteroatoms. The molecular weight excluding hydrogens is 268 g/mol. The Morgan fingerprint density at radius 2 is 2.29 bits per heavy atom. The number of anilines is 1. The second-order valence-electron chi connectivity index (χ2n) is 5.32. The fourth-order valence-electron chi connectivity index (χ4n) is 2.57. The molecule has 0 radical (unpaired) electrons. The van der Waals surface area contributed by atoms with Crippen molar-refractivity contribution in [3.8, 4) is 0 Å². The van der Waals surface area contributed by atoms with Gasteiger partial charge >= 0.3 is 5.97 Å². The molecule has 0 unspecified atom stereocenters. The van der Waals surface area contributed by atoms with Gasteiger partial charge in [0.25, 0.3) is 0 Å². The number of rotatable bonds is 6. The van der Waals surface area contributed by atoms with E-state index in [1.54, 1.807) is 13.2 Å². The fraction of sp³-hybridized carbons (Fsp3) is 0.375. The zero-order valence-corrected chi connectivity index (χ0v) is 11.9. The first kappa shape index (κ1) is 13.8. The highest BCUT2D eigenvalue weighted by Crippen LogP contribution is 2.46. The third-order valence-electron chi connectivity index (χ3n) is 3.75. The summed E-state index contributed by atoms with van der Waals surface area (Å²) in [5, 5.41) is 13.3. The van der Waals surface area contributed by atoms with Gasteiger partial charge in [0.05, 0.1) is 17.7 Å². The van der Waals surface area contributed by atoms with Crippen molar-refractivity contribution in [2.45, 2.75) is 18.8 Å². The molecule has 110 valence electrons. The molecule has 1 fully saturated rings. The highest BCUT2D eigenvalue weighted by molar-refractivity contribution is 5.95. The lowest BCUT2D eigenvalue weighted by atomic mass is 10.0. The molecule has 1 aromatic carbocycles.